The van der Waals surface area contributed by atoms with E-state index in [4.69, 9.17) is 21.1 Å². The van der Waals surface area contributed by atoms with E-state index in [1.165, 1.54) is 7.11 Å². The van der Waals surface area contributed by atoms with Gasteiger partial charge in [-0.05, 0) is 48.7 Å². The van der Waals surface area contributed by atoms with Crippen molar-refractivity contribution in [1.29, 1.82) is 0 Å². The van der Waals surface area contributed by atoms with Crippen molar-refractivity contribution in [3.8, 4) is 11.5 Å². The van der Waals surface area contributed by atoms with Gasteiger partial charge in [0.2, 0.25) is 0 Å². The third kappa shape index (κ3) is 3.76. The summed E-state index contributed by atoms with van der Waals surface area (Å²) in [6.07, 6.45) is 3.68. The summed E-state index contributed by atoms with van der Waals surface area (Å²) in [6.45, 7) is 0. The highest BCUT2D eigenvalue weighted by molar-refractivity contribution is 6.46. The number of carbonyl (C=O) groups is 2. The molecule has 1 N–H and O–H groups in total. The smallest absolute Gasteiger partial charge is 0.295 e. The van der Waals surface area contributed by atoms with Crippen LogP contribution in [0.1, 0.15) is 42.9 Å². The predicted octanol–water partition coefficient (Wildman–Crippen LogP) is 4.72. The normalized spacial score (nSPS) is 21.0. The number of ketones is 1. The number of likely N-dealkylation sites (tertiary alicyclic amines) is 1. The zero-order chi connectivity index (χ0) is 22.1. The molecular formula is C24H24ClNO5. The quantitative estimate of drug-likeness (QED) is 0.412. The summed E-state index contributed by atoms with van der Waals surface area (Å²) in [5.74, 6) is -0.536. The maximum absolute atomic E-state index is 13.1. The van der Waals surface area contributed by atoms with E-state index in [9.17, 15) is 14.7 Å². The number of aliphatic hydroxyl groups excluding tert-OH is 1. The first-order valence-electron chi connectivity index (χ1n) is 10.2. The highest BCUT2D eigenvalue weighted by Gasteiger charge is 2.49. The van der Waals surface area contributed by atoms with E-state index < -0.39 is 17.7 Å². The summed E-state index contributed by atoms with van der Waals surface area (Å²) in [5, 5.41) is 11.6. The van der Waals surface area contributed by atoms with Crippen LogP contribution in [-0.2, 0) is 9.59 Å². The second-order valence-corrected chi connectivity index (χ2v) is 8.18. The number of ether oxygens (including phenoxy) is 2. The molecule has 2 aromatic rings. The number of hydrogen-bond acceptors (Lipinski definition) is 5. The number of hydrogen-bond donors (Lipinski definition) is 1. The number of methoxy groups -OCH3 is 2. The summed E-state index contributed by atoms with van der Waals surface area (Å²) < 4.78 is 10.6. The van der Waals surface area contributed by atoms with Crippen molar-refractivity contribution < 1.29 is 24.2 Å². The van der Waals surface area contributed by atoms with Crippen molar-refractivity contribution >= 4 is 29.1 Å². The lowest BCUT2D eigenvalue weighted by molar-refractivity contribution is -0.141. The number of benzene rings is 2. The number of aliphatic hydroxyl groups is 1. The van der Waals surface area contributed by atoms with E-state index in [1.807, 2.05) is 12.1 Å². The predicted molar refractivity (Wildman–Crippen MR) is 117 cm³/mol. The van der Waals surface area contributed by atoms with Gasteiger partial charge in [-0.2, -0.15) is 0 Å². The second-order valence-electron chi connectivity index (χ2n) is 7.77. The minimum Gasteiger partial charge on any atom is -0.507 e. The zero-order valence-corrected chi connectivity index (χ0v) is 18.2. The van der Waals surface area contributed by atoms with Gasteiger partial charge < -0.3 is 19.5 Å². The van der Waals surface area contributed by atoms with Gasteiger partial charge in [0.1, 0.15) is 17.3 Å². The summed E-state index contributed by atoms with van der Waals surface area (Å²) in [4.78, 5) is 27.9. The van der Waals surface area contributed by atoms with Gasteiger partial charge in [0.05, 0.1) is 30.9 Å². The van der Waals surface area contributed by atoms with Gasteiger partial charge in [-0.15, -0.1) is 0 Å². The Morgan fingerprint density at radius 1 is 1.06 bits per heavy atom. The van der Waals surface area contributed by atoms with Gasteiger partial charge in [-0.3, -0.25) is 9.59 Å². The Labute approximate surface area is 186 Å². The molecule has 1 heterocycles. The maximum Gasteiger partial charge on any atom is 0.295 e. The fourth-order valence-corrected chi connectivity index (χ4v) is 4.71. The standard InChI is InChI=1S/C24H24ClNO5/c1-30-17-9-5-6-14(12-17)21-20(22(27)15-10-11-18(25)19(13-15)31-2)23(28)24(29)26(21)16-7-3-4-8-16/h5-6,9-13,16,21,27H,3-4,7-8H2,1-2H3/b22-20-. The van der Waals surface area contributed by atoms with E-state index in [0.29, 0.717) is 27.6 Å². The largest absolute Gasteiger partial charge is 0.507 e. The lowest BCUT2D eigenvalue weighted by atomic mass is 9.94. The van der Waals surface area contributed by atoms with Crippen LogP contribution in [0.25, 0.3) is 5.76 Å². The molecule has 1 aliphatic heterocycles. The Hall–Kier alpha value is -2.99. The van der Waals surface area contributed by atoms with Gasteiger partial charge in [-0.25, -0.2) is 0 Å². The zero-order valence-electron chi connectivity index (χ0n) is 17.4. The molecule has 162 valence electrons. The topological polar surface area (TPSA) is 76.1 Å². The van der Waals surface area contributed by atoms with Gasteiger partial charge in [0, 0.05) is 11.6 Å². The molecule has 7 heteroatoms. The SMILES string of the molecule is COc1cccc(C2/C(=C(/O)c3ccc(Cl)c(OC)c3)C(=O)C(=O)N2C2CCCC2)c1. The summed E-state index contributed by atoms with van der Waals surface area (Å²) in [7, 11) is 3.04. The lowest BCUT2D eigenvalue weighted by Gasteiger charge is -2.31. The molecule has 1 saturated carbocycles. The van der Waals surface area contributed by atoms with Crippen molar-refractivity contribution in [3.05, 3.63) is 64.2 Å². The van der Waals surface area contributed by atoms with Crippen LogP contribution in [0, 0.1) is 0 Å². The molecule has 1 atom stereocenters. The Balaban J connectivity index is 1.90. The molecule has 4 rings (SSSR count). The molecule has 0 bridgehead atoms. The molecule has 1 aliphatic carbocycles. The summed E-state index contributed by atoms with van der Waals surface area (Å²) >= 11 is 6.11. The van der Waals surface area contributed by atoms with E-state index >= 15 is 0 Å². The van der Waals surface area contributed by atoms with Gasteiger partial charge >= 0.3 is 0 Å². The van der Waals surface area contributed by atoms with Gasteiger partial charge in [0.15, 0.2) is 0 Å². The van der Waals surface area contributed by atoms with Gasteiger partial charge in [0.25, 0.3) is 11.7 Å². The molecule has 1 unspecified atom stereocenters. The van der Waals surface area contributed by atoms with E-state index in [-0.39, 0.29) is 17.4 Å². The first-order valence-corrected chi connectivity index (χ1v) is 10.6. The molecular weight excluding hydrogens is 418 g/mol. The van der Waals surface area contributed by atoms with Crippen LogP contribution in [0.3, 0.4) is 0 Å². The maximum atomic E-state index is 13.1. The molecule has 31 heavy (non-hydrogen) atoms. The Morgan fingerprint density at radius 3 is 2.48 bits per heavy atom. The molecule has 2 aromatic carbocycles. The van der Waals surface area contributed by atoms with E-state index in [0.717, 1.165) is 25.7 Å². The first kappa shape index (κ1) is 21.2. The highest BCUT2D eigenvalue weighted by Crippen LogP contribution is 2.44. The van der Waals surface area contributed by atoms with Crippen molar-refractivity contribution in [3.63, 3.8) is 0 Å². The summed E-state index contributed by atoms with van der Waals surface area (Å²) in [5.41, 5.74) is 1.14. The fourth-order valence-electron chi connectivity index (χ4n) is 4.51. The minimum absolute atomic E-state index is 0.0438. The van der Waals surface area contributed by atoms with Gasteiger partial charge in [-0.1, -0.05) is 36.6 Å². The average Bonchev–Trinajstić information content (AvgIpc) is 3.40. The lowest BCUT2D eigenvalue weighted by Crippen LogP contribution is -2.37. The monoisotopic (exact) mass is 441 g/mol. The molecule has 0 spiro atoms. The van der Waals surface area contributed by atoms with Crippen molar-refractivity contribution in [2.45, 2.75) is 37.8 Å². The Morgan fingerprint density at radius 2 is 1.81 bits per heavy atom. The van der Waals surface area contributed by atoms with Crippen LogP contribution in [0.4, 0.5) is 0 Å². The van der Waals surface area contributed by atoms with Crippen LogP contribution >= 0.6 is 11.6 Å². The van der Waals surface area contributed by atoms with Crippen LogP contribution in [0.15, 0.2) is 48.0 Å². The van der Waals surface area contributed by atoms with E-state index in [1.54, 1.807) is 42.3 Å². The molecule has 2 fully saturated rings. The van der Waals surface area contributed by atoms with Crippen molar-refractivity contribution in [1.82, 2.24) is 4.90 Å². The highest BCUT2D eigenvalue weighted by atomic mass is 35.5. The average molecular weight is 442 g/mol. The minimum atomic E-state index is -0.695. The van der Waals surface area contributed by atoms with Crippen LogP contribution in [0.2, 0.25) is 5.02 Å². The molecule has 0 radical (unpaired) electrons. The molecule has 0 aromatic heterocycles. The number of Topliss-reactive ketones (excluding diaryl/α,β-unsaturated/α-hetero) is 1. The number of nitrogens with zero attached hydrogens (tertiary/aromatic N) is 1. The number of carbonyl (C=O) groups excluding carboxylic acids is 2. The first-order chi connectivity index (χ1) is 15.0. The summed E-state index contributed by atoms with van der Waals surface area (Å²) in [6, 6.07) is 11.3. The third-order valence-corrected chi connectivity index (χ3v) is 6.34. The second kappa shape index (κ2) is 8.63. The van der Waals surface area contributed by atoms with Crippen molar-refractivity contribution in [2.24, 2.45) is 0 Å². The van der Waals surface area contributed by atoms with Crippen LogP contribution in [-0.4, -0.2) is 42.0 Å². The Kier molecular flexibility index (Phi) is 5.92. The third-order valence-electron chi connectivity index (χ3n) is 6.03. The fraction of sp³-hybridized carbons (Fsp3) is 0.333. The van der Waals surface area contributed by atoms with Crippen LogP contribution in [0.5, 0.6) is 11.5 Å². The number of rotatable bonds is 5. The molecule has 6 nitrogen and oxygen atoms in total. The molecule has 1 saturated heterocycles. The number of halogens is 1. The Bertz CT molecular complexity index is 1060. The molecule has 1 amide bonds. The van der Waals surface area contributed by atoms with E-state index in [2.05, 4.69) is 0 Å². The van der Waals surface area contributed by atoms with Crippen molar-refractivity contribution in [2.75, 3.05) is 14.2 Å². The number of amides is 1. The van der Waals surface area contributed by atoms with Crippen LogP contribution < -0.4 is 9.47 Å². The molecule has 2 aliphatic rings.